The number of halogens is 1. The van der Waals surface area contributed by atoms with Gasteiger partial charge in [0.1, 0.15) is 5.82 Å². The molecule has 0 atom stereocenters. The second-order valence-corrected chi connectivity index (χ2v) is 6.79. The van der Waals surface area contributed by atoms with E-state index in [0.717, 1.165) is 18.2 Å². The molecule has 0 amide bonds. The predicted molar refractivity (Wildman–Crippen MR) is 83.3 cm³/mol. The third-order valence-corrected chi connectivity index (χ3v) is 4.77. The van der Waals surface area contributed by atoms with E-state index >= 15 is 0 Å². The summed E-state index contributed by atoms with van der Waals surface area (Å²) in [6, 6.07) is 9.08. The maximum absolute atomic E-state index is 13.7. The first kappa shape index (κ1) is 17.6. The Hall–Kier alpha value is -2.76. The van der Waals surface area contributed by atoms with Gasteiger partial charge in [-0.05, 0) is 48.9 Å². The van der Waals surface area contributed by atoms with Crippen LogP contribution < -0.4 is 4.72 Å². The van der Waals surface area contributed by atoms with E-state index in [1.54, 1.807) is 6.92 Å². The molecule has 0 aliphatic rings. The smallest absolute Gasteiger partial charge is 0.335 e. The van der Waals surface area contributed by atoms with E-state index in [0.29, 0.717) is 11.1 Å². The Bertz CT molecular complexity index is 949. The molecule has 6 nitrogen and oxygen atoms in total. The van der Waals surface area contributed by atoms with Gasteiger partial charge in [0, 0.05) is 12.1 Å². The SMILES string of the molecule is Cc1cc(S(=O)(=O)NCc2cc(C(=O)O)ccc2F)ccc1C#N. The lowest BCUT2D eigenvalue weighted by Gasteiger charge is -2.09. The zero-order valence-electron chi connectivity index (χ0n) is 12.6. The fraction of sp³-hybridized carbons (Fsp3) is 0.125. The number of carboxylic acids is 1. The van der Waals surface area contributed by atoms with Gasteiger partial charge in [-0.3, -0.25) is 0 Å². The van der Waals surface area contributed by atoms with E-state index in [1.807, 2.05) is 6.07 Å². The molecule has 8 heteroatoms. The largest absolute Gasteiger partial charge is 0.478 e. The number of nitriles is 1. The Labute approximate surface area is 138 Å². The summed E-state index contributed by atoms with van der Waals surface area (Å²) < 4.78 is 40.4. The molecule has 2 rings (SSSR count). The average Bonchev–Trinajstić information content (AvgIpc) is 2.53. The van der Waals surface area contributed by atoms with E-state index in [9.17, 15) is 17.6 Å². The standard InChI is InChI=1S/C16H13FN2O4S/c1-10-6-14(4-2-12(10)8-18)24(22,23)19-9-13-7-11(16(20)21)3-5-15(13)17/h2-7,19H,9H2,1H3,(H,20,21). The third-order valence-electron chi connectivity index (χ3n) is 3.37. The minimum Gasteiger partial charge on any atom is -0.478 e. The van der Waals surface area contributed by atoms with E-state index in [1.165, 1.54) is 18.2 Å². The van der Waals surface area contributed by atoms with Gasteiger partial charge in [-0.1, -0.05) is 0 Å². The van der Waals surface area contributed by atoms with Gasteiger partial charge in [0.05, 0.1) is 22.1 Å². The molecule has 2 aromatic carbocycles. The predicted octanol–water partition coefficient (Wildman–Crippen LogP) is 2.18. The number of aryl methyl sites for hydroxylation is 1. The van der Waals surface area contributed by atoms with E-state index in [-0.39, 0.29) is 16.0 Å². The van der Waals surface area contributed by atoms with Crippen molar-refractivity contribution in [2.75, 3.05) is 0 Å². The molecule has 0 heterocycles. The Morgan fingerprint density at radius 2 is 2.00 bits per heavy atom. The number of nitrogens with one attached hydrogen (secondary N) is 1. The van der Waals surface area contributed by atoms with Gasteiger partial charge in [0.2, 0.25) is 10.0 Å². The molecule has 0 fully saturated rings. The number of carboxylic acid groups (broad SMARTS) is 1. The van der Waals surface area contributed by atoms with E-state index in [2.05, 4.69) is 4.72 Å². The van der Waals surface area contributed by atoms with Crippen molar-refractivity contribution >= 4 is 16.0 Å². The first-order valence-electron chi connectivity index (χ1n) is 6.77. The Balaban J connectivity index is 2.25. The van der Waals surface area contributed by atoms with Crippen molar-refractivity contribution in [3.05, 3.63) is 64.5 Å². The Morgan fingerprint density at radius 3 is 2.58 bits per heavy atom. The van der Waals surface area contributed by atoms with Crippen LogP contribution >= 0.6 is 0 Å². The summed E-state index contributed by atoms with van der Waals surface area (Å²) in [5.74, 6) is -1.94. The number of hydrogen-bond donors (Lipinski definition) is 2. The fourth-order valence-electron chi connectivity index (χ4n) is 2.03. The summed E-state index contributed by atoms with van der Waals surface area (Å²) >= 11 is 0. The first-order chi connectivity index (χ1) is 11.2. The molecular weight excluding hydrogens is 335 g/mol. The van der Waals surface area contributed by atoms with Gasteiger partial charge in [-0.25, -0.2) is 22.3 Å². The van der Waals surface area contributed by atoms with Gasteiger partial charge in [0.15, 0.2) is 0 Å². The summed E-state index contributed by atoms with van der Waals surface area (Å²) in [5.41, 5.74) is 0.636. The quantitative estimate of drug-likeness (QED) is 0.861. The zero-order valence-corrected chi connectivity index (χ0v) is 13.4. The Kier molecular flexibility index (Phi) is 4.97. The second kappa shape index (κ2) is 6.78. The molecule has 0 radical (unpaired) electrons. The van der Waals surface area contributed by atoms with E-state index in [4.69, 9.17) is 10.4 Å². The van der Waals surface area contributed by atoms with Crippen LogP contribution in [0.3, 0.4) is 0 Å². The van der Waals surface area contributed by atoms with Crippen LogP contribution in [0.25, 0.3) is 0 Å². The van der Waals surface area contributed by atoms with Crippen LogP contribution in [-0.2, 0) is 16.6 Å². The lowest BCUT2D eigenvalue weighted by atomic mass is 10.1. The van der Waals surface area contributed by atoms with Crippen LogP contribution in [-0.4, -0.2) is 19.5 Å². The van der Waals surface area contributed by atoms with Crippen molar-refractivity contribution in [2.45, 2.75) is 18.4 Å². The highest BCUT2D eigenvalue weighted by Crippen LogP contribution is 2.16. The number of rotatable bonds is 5. The maximum atomic E-state index is 13.7. The van der Waals surface area contributed by atoms with Gasteiger partial charge < -0.3 is 5.11 Å². The topological polar surface area (TPSA) is 107 Å². The lowest BCUT2D eigenvalue weighted by molar-refractivity contribution is 0.0696. The first-order valence-corrected chi connectivity index (χ1v) is 8.25. The number of benzene rings is 2. The summed E-state index contributed by atoms with van der Waals surface area (Å²) in [4.78, 5) is 10.8. The van der Waals surface area contributed by atoms with Crippen LogP contribution in [0.4, 0.5) is 4.39 Å². The molecule has 0 saturated heterocycles. The van der Waals surface area contributed by atoms with Crippen molar-refractivity contribution in [3.63, 3.8) is 0 Å². The number of carbonyl (C=O) groups is 1. The van der Waals surface area contributed by atoms with Crippen LogP contribution in [0.1, 0.15) is 27.0 Å². The molecule has 0 aromatic heterocycles. The van der Waals surface area contributed by atoms with Crippen molar-refractivity contribution in [2.24, 2.45) is 0 Å². The molecule has 0 unspecified atom stereocenters. The normalized spacial score (nSPS) is 11.0. The number of sulfonamides is 1. The average molecular weight is 348 g/mol. The van der Waals surface area contributed by atoms with Crippen LogP contribution in [0.5, 0.6) is 0 Å². The van der Waals surface area contributed by atoms with Gasteiger partial charge in [0.25, 0.3) is 0 Å². The monoisotopic (exact) mass is 348 g/mol. The summed E-state index contributed by atoms with van der Waals surface area (Å²) in [5, 5.41) is 17.8. The molecule has 0 aliphatic carbocycles. The number of nitrogens with zero attached hydrogens (tertiary/aromatic N) is 1. The maximum Gasteiger partial charge on any atom is 0.335 e. The Morgan fingerprint density at radius 1 is 1.29 bits per heavy atom. The van der Waals surface area contributed by atoms with Crippen molar-refractivity contribution in [3.8, 4) is 6.07 Å². The zero-order chi connectivity index (χ0) is 17.9. The highest BCUT2D eigenvalue weighted by molar-refractivity contribution is 7.89. The highest BCUT2D eigenvalue weighted by atomic mass is 32.2. The van der Waals surface area contributed by atoms with Gasteiger partial charge in [-0.2, -0.15) is 5.26 Å². The molecular formula is C16H13FN2O4S. The van der Waals surface area contributed by atoms with Crippen molar-refractivity contribution in [1.29, 1.82) is 5.26 Å². The molecule has 2 N–H and O–H groups in total. The van der Waals surface area contributed by atoms with Gasteiger partial charge in [-0.15, -0.1) is 0 Å². The highest BCUT2D eigenvalue weighted by Gasteiger charge is 2.17. The number of aromatic carboxylic acids is 1. The second-order valence-electron chi connectivity index (χ2n) is 5.02. The van der Waals surface area contributed by atoms with Crippen LogP contribution in [0.15, 0.2) is 41.3 Å². The molecule has 0 aliphatic heterocycles. The molecule has 0 saturated carbocycles. The van der Waals surface area contributed by atoms with E-state index < -0.39 is 28.4 Å². The molecule has 24 heavy (non-hydrogen) atoms. The number of hydrogen-bond acceptors (Lipinski definition) is 4. The van der Waals surface area contributed by atoms with Crippen molar-refractivity contribution < 1.29 is 22.7 Å². The van der Waals surface area contributed by atoms with Gasteiger partial charge >= 0.3 is 5.97 Å². The third kappa shape index (κ3) is 3.76. The lowest BCUT2D eigenvalue weighted by Crippen LogP contribution is -2.24. The minimum atomic E-state index is -3.93. The summed E-state index contributed by atoms with van der Waals surface area (Å²) in [7, 11) is -3.93. The summed E-state index contributed by atoms with van der Waals surface area (Å²) in [6.07, 6.45) is 0. The molecule has 0 spiro atoms. The molecule has 124 valence electrons. The fourth-order valence-corrected chi connectivity index (χ4v) is 3.12. The summed E-state index contributed by atoms with van der Waals surface area (Å²) in [6.45, 7) is 1.21. The van der Waals surface area contributed by atoms with Crippen LogP contribution in [0.2, 0.25) is 0 Å². The minimum absolute atomic E-state index is 0.0613. The molecule has 0 bridgehead atoms. The molecule has 2 aromatic rings. The van der Waals surface area contributed by atoms with Crippen molar-refractivity contribution in [1.82, 2.24) is 4.72 Å². The van der Waals surface area contributed by atoms with Crippen LogP contribution in [0, 0.1) is 24.1 Å².